The first-order chi connectivity index (χ1) is 9.84. The van der Waals surface area contributed by atoms with Crippen molar-refractivity contribution in [1.29, 1.82) is 0 Å². The molecule has 0 aromatic heterocycles. The highest BCUT2D eigenvalue weighted by Crippen LogP contribution is 2.32. The second-order valence-corrected chi connectivity index (χ2v) is 6.29. The van der Waals surface area contributed by atoms with Crippen LogP contribution in [-0.4, -0.2) is 15.7 Å². The molecule has 100 valence electrons. The third-order valence-electron chi connectivity index (χ3n) is 3.41. The Labute approximate surface area is 122 Å². The lowest BCUT2D eigenvalue weighted by Crippen LogP contribution is -1.95. The summed E-state index contributed by atoms with van der Waals surface area (Å²) < 4.78 is 11.9. The third kappa shape index (κ3) is 2.81. The quantitative estimate of drug-likeness (QED) is 0.815. The minimum absolute atomic E-state index is 0.622. The van der Waals surface area contributed by atoms with Crippen LogP contribution in [0.15, 0.2) is 72.8 Å². The van der Waals surface area contributed by atoms with E-state index in [2.05, 4.69) is 36.4 Å². The van der Waals surface area contributed by atoms with E-state index in [9.17, 15) is 4.21 Å². The fourth-order valence-corrected chi connectivity index (χ4v) is 3.26. The monoisotopic (exact) mass is 280 g/mol. The summed E-state index contributed by atoms with van der Waals surface area (Å²) in [6.07, 6.45) is 4.22. The normalized spacial score (nSPS) is 16.2. The second kappa shape index (κ2) is 6.02. The molecule has 1 aliphatic heterocycles. The molecule has 1 heterocycles. The van der Waals surface area contributed by atoms with Gasteiger partial charge in [-0.2, -0.15) is 0 Å². The molecule has 0 saturated carbocycles. The summed E-state index contributed by atoms with van der Waals surface area (Å²) in [5.74, 6) is 1.24. The van der Waals surface area contributed by atoms with Gasteiger partial charge in [0, 0.05) is 22.3 Å². The standard InChI is InChI=1S/C18H16OS/c19-20-13-11-17(15-7-3-1-4-8-15)18(12-14-20)16-9-5-2-6-10-16/h1-12H,13-14H2. The first kappa shape index (κ1) is 13.1. The maximum absolute atomic E-state index is 11.9. The van der Waals surface area contributed by atoms with Crippen LogP contribution in [0.3, 0.4) is 0 Å². The van der Waals surface area contributed by atoms with Gasteiger partial charge in [-0.05, 0) is 22.3 Å². The zero-order chi connectivity index (χ0) is 13.8. The Morgan fingerprint density at radius 1 is 0.650 bits per heavy atom. The van der Waals surface area contributed by atoms with Crippen LogP contribution >= 0.6 is 0 Å². The van der Waals surface area contributed by atoms with E-state index < -0.39 is 10.8 Å². The summed E-state index contributed by atoms with van der Waals surface area (Å²) in [6.45, 7) is 0. The lowest BCUT2D eigenvalue weighted by Gasteiger charge is -2.12. The van der Waals surface area contributed by atoms with E-state index in [1.165, 1.54) is 22.3 Å². The largest absolute Gasteiger partial charge is 0.259 e. The SMILES string of the molecule is O=S1CC=C(c2ccccc2)C(c2ccccc2)=CC1. The van der Waals surface area contributed by atoms with Crippen LogP contribution in [0.1, 0.15) is 11.1 Å². The topological polar surface area (TPSA) is 17.1 Å². The minimum atomic E-state index is -0.799. The Morgan fingerprint density at radius 3 is 1.45 bits per heavy atom. The van der Waals surface area contributed by atoms with Gasteiger partial charge in [-0.1, -0.05) is 72.8 Å². The molecular formula is C18H16OS. The van der Waals surface area contributed by atoms with E-state index in [1.54, 1.807) is 0 Å². The Morgan fingerprint density at radius 2 is 1.05 bits per heavy atom. The van der Waals surface area contributed by atoms with Crippen molar-refractivity contribution >= 4 is 21.9 Å². The average Bonchev–Trinajstić information content (AvgIpc) is 2.71. The maximum atomic E-state index is 11.9. The maximum Gasteiger partial charge on any atom is 0.0427 e. The molecule has 1 aliphatic rings. The smallest absolute Gasteiger partial charge is 0.0427 e. The van der Waals surface area contributed by atoms with Gasteiger partial charge in [0.05, 0.1) is 0 Å². The predicted molar refractivity (Wildman–Crippen MR) is 86.7 cm³/mol. The molecule has 0 saturated heterocycles. The molecule has 2 heteroatoms. The van der Waals surface area contributed by atoms with Crippen LogP contribution in [0.5, 0.6) is 0 Å². The molecule has 3 rings (SSSR count). The van der Waals surface area contributed by atoms with Crippen molar-refractivity contribution in [2.75, 3.05) is 11.5 Å². The van der Waals surface area contributed by atoms with E-state index in [4.69, 9.17) is 0 Å². The van der Waals surface area contributed by atoms with Crippen LogP contribution < -0.4 is 0 Å². The van der Waals surface area contributed by atoms with E-state index in [0.717, 1.165) is 0 Å². The highest BCUT2D eigenvalue weighted by Gasteiger charge is 2.14. The summed E-state index contributed by atoms with van der Waals surface area (Å²) in [6, 6.07) is 20.6. The third-order valence-corrected chi connectivity index (χ3v) is 4.48. The van der Waals surface area contributed by atoms with Gasteiger partial charge >= 0.3 is 0 Å². The summed E-state index contributed by atoms with van der Waals surface area (Å²) in [5, 5.41) is 0. The summed E-state index contributed by atoms with van der Waals surface area (Å²) >= 11 is 0. The van der Waals surface area contributed by atoms with E-state index in [1.807, 2.05) is 36.4 Å². The van der Waals surface area contributed by atoms with Gasteiger partial charge in [0.15, 0.2) is 0 Å². The molecule has 20 heavy (non-hydrogen) atoms. The van der Waals surface area contributed by atoms with Gasteiger partial charge in [-0.15, -0.1) is 0 Å². The van der Waals surface area contributed by atoms with Crippen molar-refractivity contribution in [1.82, 2.24) is 0 Å². The first-order valence-corrected chi connectivity index (χ1v) is 8.20. The molecule has 1 nitrogen and oxygen atoms in total. The van der Waals surface area contributed by atoms with Gasteiger partial charge in [-0.3, -0.25) is 4.21 Å². The van der Waals surface area contributed by atoms with Crippen molar-refractivity contribution < 1.29 is 4.21 Å². The average molecular weight is 280 g/mol. The number of allylic oxidation sites excluding steroid dienone is 2. The molecule has 2 aromatic rings. The lowest BCUT2D eigenvalue weighted by molar-refractivity contribution is 0.687. The van der Waals surface area contributed by atoms with Gasteiger partial charge < -0.3 is 0 Å². The van der Waals surface area contributed by atoms with E-state index >= 15 is 0 Å². The molecular weight excluding hydrogens is 264 g/mol. The first-order valence-electron chi connectivity index (χ1n) is 6.71. The molecule has 0 bridgehead atoms. The molecule has 0 aliphatic carbocycles. The predicted octanol–water partition coefficient (Wildman–Crippen LogP) is 3.92. The number of hydrogen-bond donors (Lipinski definition) is 0. The van der Waals surface area contributed by atoms with Gasteiger partial charge in [0.2, 0.25) is 0 Å². The van der Waals surface area contributed by atoms with Gasteiger partial charge in [0.1, 0.15) is 0 Å². The Hall–Kier alpha value is -1.93. The van der Waals surface area contributed by atoms with Crippen LogP contribution in [0.4, 0.5) is 0 Å². The van der Waals surface area contributed by atoms with Crippen molar-refractivity contribution in [3.05, 3.63) is 83.9 Å². The fraction of sp³-hybridized carbons (Fsp3) is 0.111. The molecule has 0 fully saturated rings. The zero-order valence-electron chi connectivity index (χ0n) is 11.2. The van der Waals surface area contributed by atoms with Crippen molar-refractivity contribution in [2.45, 2.75) is 0 Å². The van der Waals surface area contributed by atoms with E-state index in [0.29, 0.717) is 11.5 Å². The van der Waals surface area contributed by atoms with Crippen molar-refractivity contribution in [3.8, 4) is 0 Å². The molecule has 2 aromatic carbocycles. The molecule has 0 amide bonds. The van der Waals surface area contributed by atoms with Gasteiger partial charge in [-0.25, -0.2) is 0 Å². The molecule has 0 atom stereocenters. The number of hydrogen-bond acceptors (Lipinski definition) is 1. The number of benzene rings is 2. The van der Waals surface area contributed by atoms with Crippen LogP contribution in [0.2, 0.25) is 0 Å². The Balaban J connectivity index is 2.11. The summed E-state index contributed by atoms with van der Waals surface area (Å²) in [5.41, 5.74) is 4.73. The van der Waals surface area contributed by atoms with Crippen molar-refractivity contribution in [3.63, 3.8) is 0 Å². The van der Waals surface area contributed by atoms with E-state index in [-0.39, 0.29) is 0 Å². The van der Waals surface area contributed by atoms with Gasteiger partial charge in [0.25, 0.3) is 0 Å². The van der Waals surface area contributed by atoms with Crippen molar-refractivity contribution in [2.24, 2.45) is 0 Å². The number of rotatable bonds is 2. The summed E-state index contributed by atoms with van der Waals surface area (Å²) in [4.78, 5) is 0. The van der Waals surface area contributed by atoms with Crippen LogP contribution in [-0.2, 0) is 10.8 Å². The summed E-state index contributed by atoms with van der Waals surface area (Å²) in [7, 11) is -0.799. The second-order valence-electron chi connectivity index (χ2n) is 4.74. The highest BCUT2D eigenvalue weighted by molar-refractivity contribution is 7.85. The molecule has 0 radical (unpaired) electrons. The Bertz CT molecular complexity index is 610. The molecule has 0 spiro atoms. The lowest BCUT2D eigenvalue weighted by atomic mass is 9.92. The highest BCUT2D eigenvalue weighted by atomic mass is 32.2. The minimum Gasteiger partial charge on any atom is -0.259 e. The zero-order valence-corrected chi connectivity index (χ0v) is 12.0. The molecule has 0 unspecified atom stereocenters. The fourth-order valence-electron chi connectivity index (χ4n) is 2.42. The van der Waals surface area contributed by atoms with Crippen LogP contribution in [0, 0.1) is 0 Å². The van der Waals surface area contributed by atoms with Crippen LogP contribution in [0.25, 0.3) is 11.1 Å². The molecule has 0 N–H and O–H groups in total. The Kier molecular flexibility index (Phi) is 3.93.